The van der Waals surface area contributed by atoms with E-state index in [-0.39, 0.29) is 21.9 Å². The lowest BCUT2D eigenvalue weighted by Gasteiger charge is -2.23. The first-order chi connectivity index (χ1) is 9.75. The Hall–Kier alpha value is -0.780. The van der Waals surface area contributed by atoms with Crippen molar-refractivity contribution in [2.45, 2.75) is 44.0 Å². The van der Waals surface area contributed by atoms with Crippen LogP contribution in [0.3, 0.4) is 0 Å². The average Bonchev–Trinajstić information content (AvgIpc) is 3.21. The molecule has 0 radical (unpaired) electrons. The molecule has 0 saturated heterocycles. The maximum Gasteiger partial charge on any atom is 0.261 e. The molecular formula is C14H17Cl2NO3S. The van der Waals surface area contributed by atoms with Crippen molar-refractivity contribution in [3.63, 3.8) is 0 Å². The van der Waals surface area contributed by atoms with Crippen LogP contribution >= 0.6 is 22.3 Å². The Morgan fingerprint density at radius 2 is 2.00 bits per heavy atom. The standard InChI is InChI=1S/C14H17Cl2NO3S/c1-3-6-17(10-4-5-10)14(18)12-7-11(21(16,19)20)8-13(15)9(12)2/h7-8,10H,3-6H2,1-2H3. The van der Waals surface area contributed by atoms with Gasteiger partial charge in [0.05, 0.1) is 4.90 Å². The molecule has 1 aliphatic carbocycles. The predicted octanol–water partition coefficient (Wildman–Crippen LogP) is 3.59. The molecule has 0 atom stereocenters. The largest absolute Gasteiger partial charge is 0.336 e. The van der Waals surface area contributed by atoms with Crippen molar-refractivity contribution >= 4 is 37.2 Å². The zero-order valence-electron chi connectivity index (χ0n) is 11.9. The topological polar surface area (TPSA) is 54.5 Å². The summed E-state index contributed by atoms with van der Waals surface area (Å²) in [5, 5.41) is 0.229. The molecule has 1 aliphatic rings. The van der Waals surface area contributed by atoms with Crippen LogP contribution in [0.15, 0.2) is 17.0 Å². The van der Waals surface area contributed by atoms with E-state index >= 15 is 0 Å². The van der Waals surface area contributed by atoms with E-state index in [0.29, 0.717) is 17.7 Å². The first-order valence-electron chi connectivity index (χ1n) is 6.81. The molecular weight excluding hydrogens is 333 g/mol. The maximum atomic E-state index is 12.7. The number of benzene rings is 1. The van der Waals surface area contributed by atoms with Crippen LogP contribution in [0.4, 0.5) is 0 Å². The van der Waals surface area contributed by atoms with Crippen LogP contribution in [0.5, 0.6) is 0 Å². The maximum absolute atomic E-state index is 12.7. The van der Waals surface area contributed by atoms with Gasteiger partial charge < -0.3 is 4.90 Å². The SMILES string of the molecule is CCCN(C(=O)c1cc(S(=O)(=O)Cl)cc(Cl)c1C)C1CC1. The van der Waals surface area contributed by atoms with Crippen molar-refractivity contribution in [1.82, 2.24) is 4.90 Å². The number of hydrogen-bond acceptors (Lipinski definition) is 3. The van der Waals surface area contributed by atoms with Crippen molar-refractivity contribution in [2.75, 3.05) is 6.54 Å². The first-order valence-corrected chi connectivity index (χ1v) is 9.50. The molecule has 1 amide bonds. The molecule has 1 aromatic rings. The predicted molar refractivity (Wildman–Crippen MR) is 83.6 cm³/mol. The summed E-state index contributed by atoms with van der Waals surface area (Å²) in [6, 6.07) is 2.85. The van der Waals surface area contributed by atoms with Crippen LogP contribution < -0.4 is 0 Å². The van der Waals surface area contributed by atoms with Crippen LogP contribution in [0.2, 0.25) is 5.02 Å². The van der Waals surface area contributed by atoms with E-state index in [2.05, 4.69) is 0 Å². The minimum absolute atomic E-state index is 0.143. The van der Waals surface area contributed by atoms with Gasteiger partial charge in [0.25, 0.3) is 15.0 Å². The molecule has 21 heavy (non-hydrogen) atoms. The zero-order valence-corrected chi connectivity index (χ0v) is 14.2. The van der Waals surface area contributed by atoms with Gasteiger partial charge in [0, 0.05) is 33.9 Å². The number of amides is 1. The third kappa shape index (κ3) is 3.71. The first kappa shape index (κ1) is 16.6. The number of rotatable bonds is 5. The molecule has 0 heterocycles. The molecule has 1 fully saturated rings. The molecule has 0 aromatic heterocycles. The second-order valence-corrected chi connectivity index (χ2v) is 8.22. The Labute approximate surface area is 134 Å². The molecule has 0 aliphatic heterocycles. The van der Waals surface area contributed by atoms with E-state index in [0.717, 1.165) is 19.3 Å². The summed E-state index contributed by atoms with van der Waals surface area (Å²) in [6.45, 7) is 4.36. The summed E-state index contributed by atoms with van der Waals surface area (Å²) in [4.78, 5) is 14.3. The minimum Gasteiger partial charge on any atom is -0.336 e. The highest BCUT2D eigenvalue weighted by Crippen LogP contribution is 2.32. The number of carbonyl (C=O) groups is 1. The summed E-state index contributed by atoms with van der Waals surface area (Å²) >= 11 is 6.05. The van der Waals surface area contributed by atoms with E-state index in [1.807, 2.05) is 6.92 Å². The van der Waals surface area contributed by atoms with Crippen LogP contribution in [-0.2, 0) is 9.05 Å². The summed E-state index contributed by atoms with van der Waals surface area (Å²) in [5.74, 6) is -0.180. The van der Waals surface area contributed by atoms with Gasteiger partial charge in [-0.25, -0.2) is 8.42 Å². The van der Waals surface area contributed by atoms with Crippen LogP contribution in [0.1, 0.15) is 42.1 Å². The quantitative estimate of drug-likeness (QED) is 0.763. The molecule has 0 unspecified atom stereocenters. The van der Waals surface area contributed by atoms with Gasteiger partial charge in [-0.05, 0) is 43.9 Å². The highest BCUT2D eigenvalue weighted by atomic mass is 35.7. The zero-order chi connectivity index (χ0) is 15.8. The fourth-order valence-corrected chi connectivity index (χ4v) is 3.32. The van der Waals surface area contributed by atoms with E-state index in [4.69, 9.17) is 22.3 Å². The average molecular weight is 350 g/mol. The van der Waals surface area contributed by atoms with Gasteiger partial charge in [0.15, 0.2) is 0 Å². The molecule has 4 nitrogen and oxygen atoms in total. The highest BCUT2D eigenvalue weighted by molar-refractivity contribution is 8.13. The van der Waals surface area contributed by atoms with Gasteiger partial charge in [-0.2, -0.15) is 0 Å². The van der Waals surface area contributed by atoms with Gasteiger partial charge in [0.1, 0.15) is 0 Å². The van der Waals surface area contributed by atoms with Crippen LogP contribution in [-0.4, -0.2) is 31.8 Å². The monoisotopic (exact) mass is 349 g/mol. The third-order valence-corrected chi connectivity index (χ3v) is 5.27. The lowest BCUT2D eigenvalue weighted by atomic mass is 10.1. The molecule has 1 saturated carbocycles. The Bertz CT molecular complexity index is 669. The normalized spacial score (nSPS) is 15.0. The lowest BCUT2D eigenvalue weighted by molar-refractivity contribution is 0.0742. The van der Waals surface area contributed by atoms with E-state index in [9.17, 15) is 13.2 Å². The molecule has 0 bridgehead atoms. The van der Waals surface area contributed by atoms with E-state index < -0.39 is 9.05 Å². The molecule has 2 rings (SSSR count). The number of hydrogen-bond donors (Lipinski definition) is 0. The fourth-order valence-electron chi connectivity index (χ4n) is 2.25. The highest BCUT2D eigenvalue weighted by Gasteiger charge is 2.33. The summed E-state index contributed by atoms with van der Waals surface area (Å²) in [5.41, 5.74) is 0.884. The second-order valence-electron chi connectivity index (χ2n) is 5.25. The Balaban J connectivity index is 2.46. The smallest absolute Gasteiger partial charge is 0.261 e. The molecule has 116 valence electrons. The van der Waals surface area contributed by atoms with Gasteiger partial charge in [-0.1, -0.05) is 18.5 Å². The number of halogens is 2. The minimum atomic E-state index is -3.92. The van der Waals surface area contributed by atoms with Gasteiger partial charge in [-0.15, -0.1) is 0 Å². The van der Waals surface area contributed by atoms with Crippen LogP contribution in [0.25, 0.3) is 0 Å². The summed E-state index contributed by atoms with van der Waals surface area (Å²) < 4.78 is 23.0. The van der Waals surface area contributed by atoms with Crippen molar-refractivity contribution in [3.8, 4) is 0 Å². The van der Waals surface area contributed by atoms with Crippen molar-refractivity contribution in [2.24, 2.45) is 0 Å². The van der Waals surface area contributed by atoms with Crippen LogP contribution in [0, 0.1) is 6.92 Å². The fraction of sp³-hybridized carbons (Fsp3) is 0.500. The Kier molecular flexibility index (Phi) is 4.85. The third-order valence-electron chi connectivity index (χ3n) is 3.54. The summed E-state index contributed by atoms with van der Waals surface area (Å²) in [7, 11) is 1.44. The van der Waals surface area contributed by atoms with E-state index in [1.165, 1.54) is 12.1 Å². The number of nitrogens with zero attached hydrogens (tertiary/aromatic N) is 1. The molecule has 0 N–H and O–H groups in total. The van der Waals surface area contributed by atoms with Crippen molar-refractivity contribution in [1.29, 1.82) is 0 Å². The molecule has 1 aromatic carbocycles. The van der Waals surface area contributed by atoms with Gasteiger partial charge in [0.2, 0.25) is 0 Å². The van der Waals surface area contributed by atoms with Crippen molar-refractivity contribution in [3.05, 3.63) is 28.3 Å². The van der Waals surface area contributed by atoms with E-state index in [1.54, 1.807) is 11.8 Å². The van der Waals surface area contributed by atoms with Crippen molar-refractivity contribution < 1.29 is 13.2 Å². The summed E-state index contributed by atoms with van der Waals surface area (Å²) in [6.07, 6.45) is 2.83. The van der Waals surface area contributed by atoms with Gasteiger partial charge in [-0.3, -0.25) is 4.79 Å². The molecule has 0 spiro atoms. The molecule has 7 heteroatoms. The second kappa shape index (κ2) is 6.15. The Morgan fingerprint density at radius 1 is 1.38 bits per heavy atom. The van der Waals surface area contributed by atoms with Gasteiger partial charge >= 0.3 is 0 Å². The lowest BCUT2D eigenvalue weighted by Crippen LogP contribution is -2.34. The Morgan fingerprint density at radius 3 is 2.48 bits per heavy atom. The number of carbonyl (C=O) groups excluding carboxylic acids is 1.